The molecule has 0 bridgehead atoms. The molecule has 5 nitrogen and oxygen atoms in total. The Labute approximate surface area is 170 Å². The van der Waals surface area contributed by atoms with Crippen molar-refractivity contribution >= 4 is 27.2 Å². The minimum absolute atomic E-state index is 0.115. The smallest absolute Gasteiger partial charge is 0.206 e. The minimum Gasteiger partial charge on any atom is -0.507 e. The second kappa shape index (κ2) is 6.71. The zero-order valence-electron chi connectivity index (χ0n) is 17.2. The van der Waals surface area contributed by atoms with Crippen molar-refractivity contribution in [2.75, 3.05) is 12.4 Å². The van der Waals surface area contributed by atoms with Gasteiger partial charge in [0.25, 0.3) is 0 Å². The van der Waals surface area contributed by atoms with E-state index in [1.165, 1.54) is 11.3 Å². The lowest BCUT2D eigenvalue weighted by Crippen LogP contribution is -2.61. The van der Waals surface area contributed by atoms with Crippen LogP contribution in [-0.4, -0.2) is 44.4 Å². The van der Waals surface area contributed by atoms with Gasteiger partial charge in [0.05, 0.1) is 5.56 Å². The van der Waals surface area contributed by atoms with Gasteiger partial charge in [-0.2, -0.15) is 0 Å². The van der Waals surface area contributed by atoms with Crippen molar-refractivity contribution in [2.45, 2.75) is 57.7 Å². The van der Waals surface area contributed by atoms with Crippen LogP contribution in [0.3, 0.4) is 0 Å². The van der Waals surface area contributed by atoms with Crippen LogP contribution in [0.2, 0.25) is 0 Å². The third-order valence-corrected chi connectivity index (χ3v) is 7.04. The molecule has 1 aliphatic heterocycles. The molecule has 0 atom stereocenters. The summed E-state index contributed by atoms with van der Waals surface area (Å²) in [5.41, 5.74) is 0.959. The highest BCUT2D eigenvalue weighted by Crippen LogP contribution is 2.40. The van der Waals surface area contributed by atoms with Crippen LogP contribution in [0.4, 0.5) is 5.13 Å². The quantitative estimate of drug-likeness (QED) is 0.643. The Hall–Kier alpha value is -2.18. The number of aromatic hydroxyl groups is 1. The maximum absolute atomic E-state index is 10.5. The van der Waals surface area contributed by atoms with Gasteiger partial charge in [-0.15, -0.1) is 10.2 Å². The number of fused-ring (bicyclic) bond motifs is 1. The van der Waals surface area contributed by atoms with Crippen LogP contribution in [0.15, 0.2) is 36.4 Å². The normalized spacial score (nSPS) is 19.8. The first-order valence-electron chi connectivity index (χ1n) is 9.72. The van der Waals surface area contributed by atoms with Crippen LogP contribution in [-0.2, 0) is 0 Å². The summed E-state index contributed by atoms with van der Waals surface area (Å²) < 4.78 is 0. The molecule has 1 saturated heterocycles. The second-order valence-electron chi connectivity index (χ2n) is 9.06. The van der Waals surface area contributed by atoms with E-state index in [4.69, 9.17) is 0 Å². The molecule has 0 spiro atoms. The average Bonchev–Trinajstić information content (AvgIpc) is 3.06. The molecule has 2 heterocycles. The minimum atomic E-state index is 0.115. The zero-order valence-corrected chi connectivity index (χ0v) is 18.0. The fourth-order valence-electron chi connectivity index (χ4n) is 4.44. The number of likely N-dealkylation sites (tertiary alicyclic amines) is 1. The Bertz CT molecular complexity index is 993. The maximum Gasteiger partial charge on any atom is 0.206 e. The Balaban J connectivity index is 1.58. The largest absolute Gasteiger partial charge is 0.507 e. The predicted molar refractivity (Wildman–Crippen MR) is 117 cm³/mol. The van der Waals surface area contributed by atoms with E-state index in [2.05, 4.69) is 55.2 Å². The predicted octanol–water partition coefficient (Wildman–Crippen LogP) is 5.13. The molecule has 0 saturated carbocycles. The first-order valence-corrected chi connectivity index (χ1v) is 10.5. The molecule has 2 N–H and O–H groups in total. The third-order valence-electron chi connectivity index (χ3n) is 6.15. The summed E-state index contributed by atoms with van der Waals surface area (Å²) in [4.78, 5) is 2.47. The van der Waals surface area contributed by atoms with E-state index >= 15 is 0 Å². The standard InChI is InChI=1S/C22H28N4OS/c1-21(2)12-16(13-22(3,4)26(21)5)23-20-25-24-19(28-20)17-10-14-8-6-7-9-15(14)11-18(17)27/h6-11,16,27H,12-13H2,1-5H3,(H,23,25). The van der Waals surface area contributed by atoms with E-state index in [9.17, 15) is 5.11 Å². The van der Waals surface area contributed by atoms with Crippen LogP contribution in [0.1, 0.15) is 40.5 Å². The van der Waals surface area contributed by atoms with Gasteiger partial charge in [0, 0.05) is 17.1 Å². The van der Waals surface area contributed by atoms with Gasteiger partial charge in [0.1, 0.15) is 5.75 Å². The molecule has 148 valence electrons. The van der Waals surface area contributed by atoms with E-state index in [0.29, 0.717) is 6.04 Å². The first kappa shape index (κ1) is 19.2. The number of aromatic nitrogens is 2. The van der Waals surface area contributed by atoms with Gasteiger partial charge in [-0.3, -0.25) is 4.90 Å². The zero-order chi connectivity index (χ0) is 20.1. The lowest BCUT2D eigenvalue weighted by atomic mass is 9.77. The summed E-state index contributed by atoms with van der Waals surface area (Å²) in [5, 5.41) is 26.4. The molecule has 1 fully saturated rings. The molecule has 0 radical (unpaired) electrons. The number of hydrogen-bond donors (Lipinski definition) is 2. The summed E-state index contributed by atoms with van der Waals surface area (Å²) in [6.45, 7) is 9.17. The number of hydrogen-bond acceptors (Lipinski definition) is 6. The monoisotopic (exact) mass is 396 g/mol. The van der Waals surface area contributed by atoms with Crippen molar-refractivity contribution < 1.29 is 5.11 Å². The highest BCUT2D eigenvalue weighted by molar-refractivity contribution is 7.18. The van der Waals surface area contributed by atoms with Crippen LogP contribution in [0.25, 0.3) is 21.3 Å². The summed E-state index contributed by atoms with van der Waals surface area (Å²) in [6, 6.07) is 12.1. The average molecular weight is 397 g/mol. The number of rotatable bonds is 3. The SMILES string of the molecule is CN1C(C)(C)CC(Nc2nnc(-c3cc4ccccc4cc3O)s2)CC1(C)C. The number of anilines is 1. The van der Waals surface area contributed by atoms with Gasteiger partial charge in [0.2, 0.25) is 5.13 Å². The van der Waals surface area contributed by atoms with E-state index in [1.807, 2.05) is 30.3 Å². The van der Waals surface area contributed by atoms with E-state index in [-0.39, 0.29) is 16.8 Å². The van der Waals surface area contributed by atoms with Crippen molar-refractivity contribution in [3.8, 4) is 16.3 Å². The molecular formula is C22H28N4OS. The Morgan fingerprint density at radius 2 is 1.64 bits per heavy atom. The number of benzene rings is 2. The molecule has 0 unspecified atom stereocenters. The van der Waals surface area contributed by atoms with Gasteiger partial charge in [-0.1, -0.05) is 35.6 Å². The number of nitrogens with zero attached hydrogens (tertiary/aromatic N) is 3. The van der Waals surface area contributed by atoms with Gasteiger partial charge >= 0.3 is 0 Å². The number of nitrogens with one attached hydrogen (secondary N) is 1. The molecular weight excluding hydrogens is 368 g/mol. The lowest BCUT2D eigenvalue weighted by molar-refractivity contribution is -0.00768. The number of phenolic OH excluding ortho intramolecular Hbond substituents is 1. The summed E-state index contributed by atoms with van der Waals surface area (Å²) in [5.74, 6) is 0.239. The summed E-state index contributed by atoms with van der Waals surface area (Å²) in [7, 11) is 2.21. The second-order valence-corrected chi connectivity index (χ2v) is 10.0. The van der Waals surface area contributed by atoms with Crippen LogP contribution < -0.4 is 5.32 Å². The molecule has 0 aliphatic carbocycles. The van der Waals surface area contributed by atoms with Gasteiger partial charge < -0.3 is 10.4 Å². The van der Waals surface area contributed by atoms with Gasteiger partial charge in [0.15, 0.2) is 5.01 Å². The van der Waals surface area contributed by atoms with E-state index in [0.717, 1.165) is 39.3 Å². The molecule has 4 rings (SSSR count). The fraction of sp³-hybridized carbons (Fsp3) is 0.455. The molecule has 1 aromatic heterocycles. The van der Waals surface area contributed by atoms with E-state index in [1.54, 1.807) is 6.07 Å². The van der Waals surface area contributed by atoms with Gasteiger partial charge in [-0.05, 0) is 70.5 Å². The first-order chi connectivity index (χ1) is 13.2. The molecule has 28 heavy (non-hydrogen) atoms. The maximum atomic E-state index is 10.5. The summed E-state index contributed by atoms with van der Waals surface area (Å²) in [6.07, 6.45) is 2.09. The van der Waals surface area contributed by atoms with Crippen molar-refractivity contribution in [3.05, 3.63) is 36.4 Å². The van der Waals surface area contributed by atoms with Crippen molar-refractivity contribution in [1.82, 2.24) is 15.1 Å². The third kappa shape index (κ3) is 3.47. The van der Waals surface area contributed by atoms with Crippen LogP contribution in [0, 0.1) is 0 Å². The molecule has 3 aromatic rings. The molecule has 0 amide bonds. The Morgan fingerprint density at radius 3 is 2.29 bits per heavy atom. The van der Waals surface area contributed by atoms with Crippen molar-refractivity contribution in [2.24, 2.45) is 0 Å². The topological polar surface area (TPSA) is 61.3 Å². The van der Waals surface area contributed by atoms with Crippen LogP contribution in [0.5, 0.6) is 5.75 Å². The molecule has 1 aliphatic rings. The van der Waals surface area contributed by atoms with Crippen molar-refractivity contribution in [1.29, 1.82) is 0 Å². The Morgan fingerprint density at radius 1 is 1.04 bits per heavy atom. The summed E-state index contributed by atoms with van der Waals surface area (Å²) >= 11 is 1.50. The number of phenols is 1. The molecule has 6 heteroatoms. The highest BCUT2D eigenvalue weighted by Gasteiger charge is 2.43. The highest BCUT2D eigenvalue weighted by atomic mass is 32.1. The van der Waals surface area contributed by atoms with Crippen LogP contribution >= 0.6 is 11.3 Å². The fourth-order valence-corrected chi connectivity index (χ4v) is 5.28. The van der Waals surface area contributed by atoms with Gasteiger partial charge in [-0.25, -0.2) is 0 Å². The van der Waals surface area contributed by atoms with Crippen molar-refractivity contribution in [3.63, 3.8) is 0 Å². The molecule has 2 aromatic carbocycles. The Kier molecular flexibility index (Phi) is 4.59. The number of piperidine rings is 1. The van der Waals surface area contributed by atoms with E-state index < -0.39 is 0 Å². The lowest BCUT2D eigenvalue weighted by Gasteiger charge is -2.53.